The molecule has 15 heteroatoms. The number of nitrogens with one attached hydrogen (secondary N) is 4. The zero-order valence-corrected chi connectivity index (χ0v) is 29.9. The maximum Gasteiger partial charge on any atom is 0.289 e. The first-order chi connectivity index (χ1) is 24.9. The number of carbonyl (C=O) groups excluding carboxylic acids is 6. The molecule has 2 aliphatic carbocycles. The summed E-state index contributed by atoms with van der Waals surface area (Å²) in [7, 11) is 0. The van der Waals surface area contributed by atoms with Crippen molar-refractivity contribution in [2.24, 2.45) is 5.92 Å². The average molecular weight is 722 g/mol. The van der Waals surface area contributed by atoms with E-state index < -0.39 is 71.4 Å². The summed E-state index contributed by atoms with van der Waals surface area (Å²) in [6, 6.07) is 0.0268. The SMILES string of the molecule is CCC[C@H](NC(=O)[C@@H]1C[C@@H](Oc2ccc(C)c(F)c2)CN1C(=O)[C@H](C)NC(=O)[C@@H](NC(=O)c1cnccn1)C1CCCCC1)C(=O)C(=O)NC1CC1. The minimum Gasteiger partial charge on any atom is -0.488 e. The predicted octanol–water partition coefficient (Wildman–Crippen LogP) is 2.29. The van der Waals surface area contributed by atoms with Gasteiger partial charge in [0.2, 0.25) is 23.5 Å². The van der Waals surface area contributed by atoms with Gasteiger partial charge in [0, 0.05) is 30.9 Å². The van der Waals surface area contributed by atoms with Gasteiger partial charge in [-0.05, 0) is 63.5 Å². The molecule has 3 fully saturated rings. The average Bonchev–Trinajstić information content (AvgIpc) is 3.86. The smallest absolute Gasteiger partial charge is 0.289 e. The lowest BCUT2D eigenvalue weighted by atomic mass is 9.83. The van der Waals surface area contributed by atoms with E-state index in [1.807, 2.05) is 6.92 Å². The Bertz CT molecular complexity index is 1630. The van der Waals surface area contributed by atoms with E-state index in [1.54, 1.807) is 19.1 Å². The number of benzene rings is 1. The number of carbonyl (C=O) groups is 6. The number of hydrogen-bond donors (Lipinski definition) is 4. The van der Waals surface area contributed by atoms with Gasteiger partial charge in [-0.2, -0.15) is 0 Å². The van der Waals surface area contributed by atoms with Crippen LogP contribution in [-0.4, -0.2) is 93.0 Å². The van der Waals surface area contributed by atoms with E-state index in [4.69, 9.17) is 4.74 Å². The van der Waals surface area contributed by atoms with Crippen LogP contribution in [-0.2, 0) is 24.0 Å². The van der Waals surface area contributed by atoms with Crippen molar-refractivity contribution in [2.45, 2.75) is 121 Å². The Balaban J connectivity index is 1.32. The van der Waals surface area contributed by atoms with Gasteiger partial charge < -0.3 is 30.9 Å². The fourth-order valence-electron chi connectivity index (χ4n) is 6.79. The lowest BCUT2D eigenvalue weighted by Crippen LogP contribution is -2.58. The number of halogens is 1. The summed E-state index contributed by atoms with van der Waals surface area (Å²) < 4.78 is 20.4. The van der Waals surface area contributed by atoms with Crippen LogP contribution in [0.2, 0.25) is 0 Å². The van der Waals surface area contributed by atoms with E-state index in [2.05, 4.69) is 31.2 Å². The second-order valence-electron chi connectivity index (χ2n) is 14.0. The van der Waals surface area contributed by atoms with Crippen molar-refractivity contribution < 1.29 is 37.9 Å². The van der Waals surface area contributed by atoms with Crippen molar-refractivity contribution in [3.8, 4) is 5.75 Å². The molecule has 0 unspecified atom stereocenters. The molecule has 2 saturated carbocycles. The third kappa shape index (κ3) is 9.88. The van der Waals surface area contributed by atoms with Crippen LogP contribution in [0.15, 0.2) is 36.8 Å². The molecule has 2 aromatic rings. The summed E-state index contributed by atoms with van der Waals surface area (Å²) >= 11 is 0. The maximum atomic E-state index is 14.4. The quantitative estimate of drug-likeness (QED) is 0.200. The number of ketones is 1. The van der Waals surface area contributed by atoms with Gasteiger partial charge in [0.1, 0.15) is 41.5 Å². The van der Waals surface area contributed by atoms with Crippen LogP contribution >= 0.6 is 0 Å². The van der Waals surface area contributed by atoms with E-state index in [1.165, 1.54) is 36.5 Å². The molecule has 4 N–H and O–H groups in total. The van der Waals surface area contributed by atoms with E-state index in [9.17, 15) is 33.2 Å². The van der Waals surface area contributed by atoms with Crippen LogP contribution in [0.1, 0.15) is 94.1 Å². The van der Waals surface area contributed by atoms with E-state index >= 15 is 0 Å². The Morgan fingerprint density at radius 1 is 1.00 bits per heavy atom. The third-order valence-electron chi connectivity index (χ3n) is 9.86. The van der Waals surface area contributed by atoms with Crippen molar-refractivity contribution in [1.82, 2.24) is 36.1 Å². The molecular formula is C37H48FN7O7. The van der Waals surface area contributed by atoms with Gasteiger partial charge in [-0.15, -0.1) is 0 Å². The van der Waals surface area contributed by atoms with Gasteiger partial charge in [0.25, 0.3) is 11.8 Å². The number of likely N-dealkylation sites (tertiary alicyclic amines) is 1. The van der Waals surface area contributed by atoms with E-state index in [-0.39, 0.29) is 42.8 Å². The van der Waals surface area contributed by atoms with Crippen LogP contribution in [0.4, 0.5) is 4.39 Å². The molecule has 0 bridgehead atoms. The van der Waals surface area contributed by atoms with Crippen LogP contribution in [0, 0.1) is 18.7 Å². The predicted molar refractivity (Wildman–Crippen MR) is 186 cm³/mol. The number of nitrogens with zero attached hydrogens (tertiary/aromatic N) is 3. The number of amides is 5. The zero-order valence-electron chi connectivity index (χ0n) is 29.9. The molecule has 5 atom stereocenters. The molecule has 2 heterocycles. The molecule has 14 nitrogen and oxygen atoms in total. The highest BCUT2D eigenvalue weighted by atomic mass is 19.1. The molecule has 0 spiro atoms. The summed E-state index contributed by atoms with van der Waals surface area (Å²) in [4.78, 5) is 89.7. The van der Waals surface area contributed by atoms with Crippen molar-refractivity contribution >= 4 is 35.3 Å². The van der Waals surface area contributed by atoms with Crippen LogP contribution in [0.5, 0.6) is 5.75 Å². The highest BCUT2D eigenvalue weighted by molar-refractivity contribution is 6.38. The summed E-state index contributed by atoms with van der Waals surface area (Å²) in [5.74, 6) is -4.33. The highest BCUT2D eigenvalue weighted by Crippen LogP contribution is 2.28. The summed E-state index contributed by atoms with van der Waals surface area (Å²) in [6.07, 6.45) is 9.92. The zero-order chi connectivity index (χ0) is 37.4. The largest absolute Gasteiger partial charge is 0.488 e. The van der Waals surface area contributed by atoms with Crippen molar-refractivity contribution in [3.63, 3.8) is 0 Å². The van der Waals surface area contributed by atoms with Gasteiger partial charge in [0.15, 0.2) is 0 Å². The number of rotatable bonds is 15. The molecular weight excluding hydrogens is 673 g/mol. The Morgan fingerprint density at radius 3 is 2.40 bits per heavy atom. The minimum atomic E-state index is -1.13. The van der Waals surface area contributed by atoms with Gasteiger partial charge >= 0.3 is 0 Å². The lowest BCUT2D eigenvalue weighted by molar-refractivity contribution is -0.143. The first-order valence-electron chi connectivity index (χ1n) is 18.2. The number of hydrogen-bond acceptors (Lipinski definition) is 9. The monoisotopic (exact) mass is 721 g/mol. The first kappa shape index (κ1) is 38.3. The molecule has 1 aliphatic heterocycles. The van der Waals surface area contributed by atoms with Gasteiger partial charge in [0.05, 0.1) is 18.8 Å². The third-order valence-corrected chi connectivity index (χ3v) is 9.86. The lowest BCUT2D eigenvalue weighted by Gasteiger charge is -2.32. The number of Topliss-reactive ketones (excluding diaryl/α,β-unsaturated/α-hetero) is 1. The number of ether oxygens (including phenoxy) is 1. The molecule has 5 rings (SSSR count). The molecule has 5 amide bonds. The van der Waals surface area contributed by atoms with Gasteiger partial charge in [-0.1, -0.05) is 38.7 Å². The van der Waals surface area contributed by atoms with Crippen LogP contribution in [0.3, 0.4) is 0 Å². The normalized spacial score (nSPS) is 20.6. The number of aryl methyl sites for hydroxylation is 1. The fourth-order valence-corrected chi connectivity index (χ4v) is 6.79. The highest BCUT2D eigenvalue weighted by Gasteiger charge is 2.44. The molecule has 52 heavy (non-hydrogen) atoms. The molecule has 1 aromatic carbocycles. The Morgan fingerprint density at radius 2 is 1.75 bits per heavy atom. The fraction of sp³-hybridized carbons (Fsp3) is 0.568. The molecule has 3 aliphatic rings. The summed E-state index contributed by atoms with van der Waals surface area (Å²) in [5.41, 5.74) is 0.477. The number of aromatic nitrogens is 2. The standard InChI is InChI=1S/C37H48FN7O7/c1-4-8-28(32(46)36(50)42-24-12-13-24)43-34(48)30-18-26(52-25-14-11-21(2)27(38)17-25)20-45(30)37(51)22(3)41-35(49)31(23-9-6-5-7-10-23)44-33(47)29-19-39-15-16-40-29/h11,14-17,19,22-24,26,28,30-31H,4-10,12-13,18,20H2,1-3H3,(H,41,49)(H,42,50)(H,43,48)(H,44,47)/t22-,26+,28-,30-,31-/m0/s1. The topological polar surface area (TPSA) is 189 Å². The van der Waals surface area contributed by atoms with Crippen LogP contribution < -0.4 is 26.0 Å². The molecule has 1 aromatic heterocycles. The summed E-state index contributed by atoms with van der Waals surface area (Å²) in [6.45, 7) is 4.86. The first-order valence-corrected chi connectivity index (χ1v) is 18.2. The van der Waals surface area contributed by atoms with Crippen LogP contribution in [0.25, 0.3) is 0 Å². The molecule has 280 valence electrons. The second kappa shape index (κ2) is 17.5. The van der Waals surface area contributed by atoms with Crippen molar-refractivity contribution in [2.75, 3.05) is 6.54 Å². The second-order valence-corrected chi connectivity index (χ2v) is 14.0. The van der Waals surface area contributed by atoms with Gasteiger partial charge in [-0.25, -0.2) is 9.37 Å². The van der Waals surface area contributed by atoms with Crippen molar-refractivity contribution in [3.05, 3.63) is 53.9 Å². The Hall–Kier alpha value is -4.95. The molecule has 0 radical (unpaired) electrons. The van der Waals surface area contributed by atoms with E-state index in [0.29, 0.717) is 24.8 Å². The minimum absolute atomic E-state index is 0.00785. The summed E-state index contributed by atoms with van der Waals surface area (Å²) in [5, 5.41) is 10.9. The Kier molecular flexibility index (Phi) is 12.9. The maximum absolute atomic E-state index is 14.4. The van der Waals surface area contributed by atoms with E-state index in [0.717, 1.165) is 32.1 Å². The Labute approximate surface area is 302 Å². The van der Waals surface area contributed by atoms with Crippen molar-refractivity contribution in [1.29, 1.82) is 0 Å². The molecule has 1 saturated heterocycles. The van der Waals surface area contributed by atoms with Gasteiger partial charge in [-0.3, -0.25) is 33.8 Å².